The number of amidine groups is 1. The van der Waals surface area contributed by atoms with Crippen molar-refractivity contribution in [2.75, 3.05) is 0 Å². The van der Waals surface area contributed by atoms with Gasteiger partial charge in [0.15, 0.2) is 5.65 Å². The molecule has 0 radical (unpaired) electrons. The number of rotatable bonds is 1. The lowest BCUT2D eigenvalue weighted by Crippen LogP contribution is -2.11. The molecule has 0 aliphatic carbocycles. The van der Waals surface area contributed by atoms with Crippen molar-refractivity contribution in [3.8, 4) is 0 Å². The second-order valence-electron chi connectivity index (χ2n) is 2.79. The van der Waals surface area contributed by atoms with Crippen LogP contribution in [0.3, 0.4) is 0 Å². The van der Waals surface area contributed by atoms with Crippen LogP contribution >= 0.6 is 0 Å². The molecule has 2 aromatic heterocycles. The summed E-state index contributed by atoms with van der Waals surface area (Å²) in [5, 5.41) is 11.3. The van der Waals surface area contributed by atoms with E-state index >= 15 is 0 Å². The molecule has 0 atom stereocenters. The lowest BCUT2D eigenvalue weighted by Gasteiger charge is -1.96. The number of pyridine rings is 1. The number of hydrogen-bond acceptors (Lipinski definition) is 3. The van der Waals surface area contributed by atoms with Gasteiger partial charge in [-0.05, 0) is 19.1 Å². The Morgan fingerprint density at radius 3 is 3.08 bits per heavy atom. The number of aryl methyl sites for hydroxylation is 1. The minimum atomic E-state index is 0.0446. The molecule has 0 saturated heterocycles. The second kappa shape index (κ2) is 2.55. The average Bonchev–Trinajstić information content (AvgIpc) is 2.42. The Morgan fingerprint density at radius 1 is 1.62 bits per heavy atom. The first kappa shape index (κ1) is 7.72. The number of nitrogen functional groups attached to an aromatic ring is 1. The van der Waals surface area contributed by atoms with Gasteiger partial charge in [-0.25, -0.2) is 9.50 Å². The normalized spacial score (nSPS) is 10.5. The van der Waals surface area contributed by atoms with Gasteiger partial charge in [-0.3, -0.25) is 5.41 Å². The van der Waals surface area contributed by atoms with E-state index in [0.717, 1.165) is 0 Å². The molecule has 13 heavy (non-hydrogen) atoms. The highest BCUT2D eigenvalue weighted by Crippen LogP contribution is 2.04. The van der Waals surface area contributed by atoms with E-state index in [9.17, 15) is 0 Å². The third-order valence-electron chi connectivity index (χ3n) is 1.75. The van der Waals surface area contributed by atoms with Gasteiger partial charge in [-0.2, -0.15) is 5.10 Å². The summed E-state index contributed by atoms with van der Waals surface area (Å²) in [7, 11) is 0. The van der Waals surface area contributed by atoms with Crippen LogP contribution in [0.4, 0.5) is 0 Å². The fourth-order valence-electron chi connectivity index (χ4n) is 1.16. The Labute approximate surface area is 74.7 Å². The van der Waals surface area contributed by atoms with Gasteiger partial charge in [0.1, 0.15) is 11.7 Å². The van der Waals surface area contributed by atoms with Crippen molar-refractivity contribution < 1.29 is 0 Å². The topological polar surface area (TPSA) is 80.1 Å². The van der Waals surface area contributed by atoms with Gasteiger partial charge in [0.25, 0.3) is 0 Å². The monoisotopic (exact) mass is 175 g/mol. The predicted octanol–water partition coefficient (Wildman–Crippen LogP) is 0.322. The van der Waals surface area contributed by atoms with Gasteiger partial charge in [0.2, 0.25) is 0 Å². The van der Waals surface area contributed by atoms with Crippen LogP contribution in [0.25, 0.3) is 5.65 Å². The van der Waals surface area contributed by atoms with Crippen LogP contribution in [0, 0.1) is 12.3 Å². The van der Waals surface area contributed by atoms with Crippen LogP contribution < -0.4 is 5.73 Å². The van der Waals surface area contributed by atoms with E-state index in [1.807, 2.05) is 6.92 Å². The minimum absolute atomic E-state index is 0.0446. The number of hydrogen-bond donors (Lipinski definition) is 2. The Bertz CT molecular complexity index is 470. The zero-order valence-electron chi connectivity index (χ0n) is 7.15. The highest BCUT2D eigenvalue weighted by atomic mass is 15.3. The number of nitrogens with zero attached hydrogens (tertiary/aromatic N) is 3. The van der Waals surface area contributed by atoms with Crippen LogP contribution in [0.5, 0.6) is 0 Å². The number of nitrogens with two attached hydrogens (primary N) is 1. The lowest BCUT2D eigenvalue weighted by molar-refractivity contribution is 0.930. The van der Waals surface area contributed by atoms with Crippen molar-refractivity contribution in [1.82, 2.24) is 14.6 Å². The Morgan fingerprint density at radius 2 is 2.38 bits per heavy atom. The van der Waals surface area contributed by atoms with Gasteiger partial charge >= 0.3 is 0 Å². The van der Waals surface area contributed by atoms with Crippen LogP contribution in [0.1, 0.15) is 11.4 Å². The first-order chi connectivity index (χ1) is 6.16. The van der Waals surface area contributed by atoms with Gasteiger partial charge in [-0.15, -0.1) is 0 Å². The SMILES string of the molecule is Cc1nc2cc(C(=N)N)ccn2n1. The molecule has 66 valence electrons. The van der Waals surface area contributed by atoms with Crippen LogP contribution in [0.2, 0.25) is 0 Å². The lowest BCUT2D eigenvalue weighted by atomic mass is 10.2. The molecule has 2 heterocycles. The zero-order chi connectivity index (χ0) is 9.42. The van der Waals surface area contributed by atoms with E-state index in [1.54, 1.807) is 22.8 Å². The number of aromatic nitrogens is 3. The molecule has 0 aliphatic rings. The van der Waals surface area contributed by atoms with Gasteiger partial charge in [0, 0.05) is 11.8 Å². The molecule has 2 aromatic rings. The summed E-state index contributed by atoms with van der Waals surface area (Å²) in [6.45, 7) is 1.82. The molecule has 0 unspecified atom stereocenters. The Kier molecular flexibility index (Phi) is 1.51. The van der Waals surface area contributed by atoms with Crippen LogP contribution in [0.15, 0.2) is 18.3 Å². The molecular weight excluding hydrogens is 166 g/mol. The van der Waals surface area contributed by atoms with Crippen LogP contribution in [-0.4, -0.2) is 20.4 Å². The van der Waals surface area contributed by atoms with Crippen molar-refractivity contribution in [3.63, 3.8) is 0 Å². The maximum Gasteiger partial charge on any atom is 0.156 e. The van der Waals surface area contributed by atoms with E-state index in [2.05, 4.69) is 10.1 Å². The maximum atomic E-state index is 7.24. The van der Waals surface area contributed by atoms with Crippen molar-refractivity contribution >= 4 is 11.5 Å². The highest BCUT2D eigenvalue weighted by molar-refractivity contribution is 5.95. The fourth-order valence-corrected chi connectivity index (χ4v) is 1.16. The van der Waals surface area contributed by atoms with Crippen molar-refractivity contribution in [2.45, 2.75) is 6.92 Å². The maximum absolute atomic E-state index is 7.24. The second-order valence-corrected chi connectivity index (χ2v) is 2.79. The number of nitrogens with one attached hydrogen (secondary N) is 1. The Hall–Kier alpha value is -1.91. The minimum Gasteiger partial charge on any atom is -0.384 e. The smallest absolute Gasteiger partial charge is 0.156 e. The van der Waals surface area contributed by atoms with Gasteiger partial charge < -0.3 is 5.73 Å². The molecule has 5 nitrogen and oxygen atoms in total. The molecule has 0 bridgehead atoms. The predicted molar refractivity (Wildman–Crippen MR) is 48.7 cm³/mol. The van der Waals surface area contributed by atoms with Crippen molar-refractivity contribution in [3.05, 3.63) is 29.7 Å². The molecule has 0 saturated carbocycles. The molecule has 0 amide bonds. The summed E-state index contributed by atoms with van der Waals surface area (Å²) >= 11 is 0. The van der Waals surface area contributed by atoms with Gasteiger partial charge in [0.05, 0.1) is 0 Å². The molecule has 0 aromatic carbocycles. The third-order valence-corrected chi connectivity index (χ3v) is 1.75. The first-order valence-electron chi connectivity index (χ1n) is 3.84. The molecule has 5 heteroatoms. The van der Waals surface area contributed by atoms with E-state index in [1.165, 1.54) is 0 Å². The summed E-state index contributed by atoms with van der Waals surface area (Å²) in [6, 6.07) is 3.48. The van der Waals surface area contributed by atoms with Crippen LogP contribution in [-0.2, 0) is 0 Å². The molecule has 0 aliphatic heterocycles. The number of fused-ring (bicyclic) bond motifs is 1. The molecule has 0 spiro atoms. The summed E-state index contributed by atoms with van der Waals surface area (Å²) < 4.78 is 1.65. The highest BCUT2D eigenvalue weighted by Gasteiger charge is 2.01. The van der Waals surface area contributed by atoms with Crippen molar-refractivity contribution in [1.29, 1.82) is 5.41 Å². The fraction of sp³-hybridized carbons (Fsp3) is 0.125. The third kappa shape index (κ3) is 1.24. The quantitative estimate of drug-likeness (QED) is 0.484. The molecule has 3 N–H and O–H groups in total. The van der Waals surface area contributed by atoms with Gasteiger partial charge in [-0.1, -0.05) is 0 Å². The summed E-state index contributed by atoms with van der Waals surface area (Å²) in [5.74, 6) is 0.754. The Balaban J connectivity index is 2.67. The molecule has 0 fully saturated rings. The molecular formula is C8H9N5. The van der Waals surface area contributed by atoms with E-state index in [4.69, 9.17) is 11.1 Å². The summed E-state index contributed by atoms with van der Waals surface area (Å²) in [4.78, 5) is 4.16. The first-order valence-corrected chi connectivity index (χ1v) is 3.84. The summed E-state index contributed by atoms with van der Waals surface area (Å²) in [5.41, 5.74) is 6.72. The molecule has 2 rings (SSSR count). The van der Waals surface area contributed by atoms with E-state index in [-0.39, 0.29) is 5.84 Å². The van der Waals surface area contributed by atoms with Crippen molar-refractivity contribution in [2.24, 2.45) is 5.73 Å². The van der Waals surface area contributed by atoms with E-state index < -0.39 is 0 Å². The largest absolute Gasteiger partial charge is 0.384 e. The standard InChI is InChI=1S/C8H9N5/c1-5-11-7-4-6(8(9)10)2-3-13(7)12-5/h2-4H,1H3,(H3,9,10). The van der Waals surface area contributed by atoms with E-state index in [0.29, 0.717) is 17.0 Å². The zero-order valence-corrected chi connectivity index (χ0v) is 7.15. The summed E-state index contributed by atoms with van der Waals surface area (Å²) in [6.07, 6.45) is 1.74. The average molecular weight is 175 g/mol.